The second-order valence-electron chi connectivity index (χ2n) is 4.80. The largest absolute Gasteiger partial charge is 0.344 e. The minimum absolute atomic E-state index is 0. The van der Waals surface area contributed by atoms with E-state index in [0.29, 0.717) is 17.2 Å². The van der Waals surface area contributed by atoms with Gasteiger partial charge in [-0.15, -0.1) is 23.7 Å². The first-order valence-electron chi connectivity index (χ1n) is 6.86. The number of halogens is 1. The Labute approximate surface area is 151 Å². The average Bonchev–Trinajstić information content (AvgIpc) is 3.04. The van der Waals surface area contributed by atoms with E-state index in [0.717, 1.165) is 5.56 Å². The van der Waals surface area contributed by atoms with Crippen molar-refractivity contribution in [2.75, 3.05) is 7.05 Å². The van der Waals surface area contributed by atoms with Crippen molar-refractivity contribution >= 4 is 39.7 Å². The first-order valence-corrected chi connectivity index (χ1v) is 9.22. The topological polar surface area (TPSA) is 114 Å². The fraction of sp³-hybridized carbons (Fsp3) is 0.286. The molecule has 0 aliphatic heterocycles. The fourth-order valence-electron chi connectivity index (χ4n) is 1.92. The van der Waals surface area contributed by atoms with Gasteiger partial charge < -0.3 is 11.1 Å². The summed E-state index contributed by atoms with van der Waals surface area (Å²) in [7, 11) is -2.11. The summed E-state index contributed by atoms with van der Waals surface area (Å²) in [6, 6.07) is 6.05. The number of nitrogens with one attached hydrogen (secondary N) is 2. The van der Waals surface area contributed by atoms with Crippen LogP contribution in [0.15, 0.2) is 34.5 Å². The van der Waals surface area contributed by atoms with E-state index in [1.54, 1.807) is 17.5 Å². The number of hydrogen-bond acceptors (Lipinski definition) is 6. The second kappa shape index (κ2) is 8.54. The molecule has 0 bridgehead atoms. The van der Waals surface area contributed by atoms with Crippen LogP contribution in [0.3, 0.4) is 0 Å². The molecule has 24 heavy (non-hydrogen) atoms. The van der Waals surface area contributed by atoms with E-state index in [1.165, 1.54) is 30.5 Å². The smallest absolute Gasteiger partial charge is 0.271 e. The van der Waals surface area contributed by atoms with Gasteiger partial charge in [0.15, 0.2) is 0 Å². The number of aromatic nitrogens is 1. The summed E-state index contributed by atoms with van der Waals surface area (Å²) in [5.41, 5.74) is 6.60. The highest BCUT2D eigenvalue weighted by molar-refractivity contribution is 7.89. The third-order valence-electron chi connectivity index (χ3n) is 3.27. The molecule has 2 rings (SSSR count). The number of sulfonamides is 1. The van der Waals surface area contributed by atoms with Crippen LogP contribution in [-0.2, 0) is 16.6 Å². The molecule has 1 aromatic heterocycles. The van der Waals surface area contributed by atoms with E-state index in [1.807, 2.05) is 6.92 Å². The molecular formula is C14H19ClN4O3S2. The molecule has 10 heteroatoms. The van der Waals surface area contributed by atoms with Gasteiger partial charge in [0, 0.05) is 11.9 Å². The van der Waals surface area contributed by atoms with Crippen molar-refractivity contribution in [2.45, 2.75) is 24.4 Å². The predicted octanol–water partition coefficient (Wildman–Crippen LogP) is 1.42. The van der Waals surface area contributed by atoms with Crippen LogP contribution < -0.4 is 15.8 Å². The second-order valence-corrected chi connectivity index (χ2v) is 7.63. The van der Waals surface area contributed by atoms with E-state index in [4.69, 9.17) is 5.73 Å². The van der Waals surface area contributed by atoms with Crippen molar-refractivity contribution in [3.05, 3.63) is 45.9 Å². The molecule has 132 valence electrons. The highest BCUT2D eigenvalue weighted by atomic mass is 35.5. The van der Waals surface area contributed by atoms with Gasteiger partial charge in [0.05, 0.1) is 10.9 Å². The minimum atomic E-state index is -3.46. The molecule has 1 atom stereocenters. The summed E-state index contributed by atoms with van der Waals surface area (Å²) in [5, 5.41) is 5.18. The Balaban J connectivity index is 0.00000288. The molecule has 1 aromatic carbocycles. The molecule has 0 aliphatic rings. The van der Waals surface area contributed by atoms with Crippen molar-refractivity contribution < 1.29 is 13.2 Å². The number of hydrogen-bond donors (Lipinski definition) is 3. The summed E-state index contributed by atoms with van der Waals surface area (Å²) < 4.78 is 25.6. The Bertz CT molecular complexity index is 791. The molecule has 7 nitrogen and oxygen atoms in total. The number of rotatable bonds is 6. The van der Waals surface area contributed by atoms with Crippen LogP contribution >= 0.6 is 23.7 Å². The van der Waals surface area contributed by atoms with Gasteiger partial charge in [-0.05, 0) is 31.7 Å². The molecule has 0 aliphatic carbocycles. The minimum Gasteiger partial charge on any atom is -0.344 e. The van der Waals surface area contributed by atoms with Crippen LogP contribution in [0, 0.1) is 0 Å². The summed E-state index contributed by atoms with van der Waals surface area (Å²) in [5.74, 6) is -0.291. The van der Waals surface area contributed by atoms with E-state index in [9.17, 15) is 13.2 Å². The molecule has 1 heterocycles. The molecule has 0 fully saturated rings. The zero-order valence-corrected chi connectivity index (χ0v) is 15.6. The van der Waals surface area contributed by atoms with Crippen molar-refractivity contribution in [3.63, 3.8) is 0 Å². The highest BCUT2D eigenvalue weighted by Gasteiger charge is 2.16. The highest BCUT2D eigenvalue weighted by Crippen LogP contribution is 2.17. The monoisotopic (exact) mass is 390 g/mol. The van der Waals surface area contributed by atoms with Crippen LogP contribution in [-0.4, -0.2) is 26.4 Å². The van der Waals surface area contributed by atoms with Crippen LogP contribution in [0.1, 0.15) is 34.0 Å². The van der Waals surface area contributed by atoms with Crippen LogP contribution in [0.2, 0.25) is 0 Å². The lowest BCUT2D eigenvalue weighted by atomic mass is 10.1. The lowest BCUT2D eigenvalue weighted by Crippen LogP contribution is -2.27. The number of carbonyl (C=O) groups excluding carboxylic acids is 1. The SMILES string of the molecule is CNS(=O)(=O)c1ccc(C(C)NC(=O)c2csc(CN)n2)cc1.Cl. The third kappa shape index (κ3) is 4.74. The lowest BCUT2D eigenvalue weighted by molar-refractivity contribution is 0.0935. The molecule has 0 spiro atoms. The Morgan fingerprint density at radius 1 is 1.33 bits per heavy atom. The van der Waals surface area contributed by atoms with Crippen molar-refractivity contribution in [1.82, 2.24) is 15.0 Å². The van der Waals surface area contributed by atoms with Gasteiger partial charge in [-0.2, -0.15) is 0 Å². The molecule has 1 amide bonds. The van der Waals surface area contributed by atoms with E-state index >= 15 is 0 Å². The summed E-state index contributed by atoms with van der Waals surface area (Å²) in [6.07, 6.45) is 0. The Hall–Kier alpha value is -1.52. The van der Waals surface area contributed by atoms with Gasteiger partial charge in [-0.25, -0.2) is 18.1 Å². The van der Waals surface area contributed by atoms with Gasteiger partial charge in [-0.3, -0.25) is 4.79 Å². The zero-order valence-electron chi connectivity index (χ0n) is 13.1. The third-order valence-corrected chi connectivity index (χ3v) is 5.57. The Kier molecular flexibility index (Phi) is 7.30. The van der Waals surface area contributed by atoms with Gasteiger partial charge in [0.1, 0.15) is 10.7 Å². The molecule has 4 N–H and O–H groups in total. The number of thiazole rings is 1. The maximum atomic E-state index is 12.1. The van der Waals surface area contributed by atoms with Crippen molar-refractivity contribution in [2.24, 2.45) is 5.73 Å². The van der Waals surface area contributed by atoms with Crippen LogP contribution in [0.25, 0.3) is 0 Å². The van der Waals surface area contributed by atoms with Gasteiger partial charge in [0.25, 0.3) is 5.91 Å². The predicted molar refractivity (Wildman–Crippen MR) is 95.8 cm³/mol. The summed E-state index contributed by atoms with van der Waals surface area (Å²) in [4.78, 5) is 16.4. The number of nitrogens with zero attached hydrogens (tertiary/aromatic N) is 1. The van der Waals surface area contributed by atoms with Crippen LogP contribution in [0.4, 0.5) is 0 Å². The first kappa shape index (κ1) is 20.5. The zero-order chi connectivity index (χ0) is 17.0. The molecule has 0 saturated heterocycles. The Morgan fingerprint density at radius 3 is 2.46 bits per heavy atom. The van der Waals surface area contributed by atoms with E-state index in [-0.39, 0.29) is 29.3 Å². The normalized spacial score (nSPS) is 12.3. The fourth-order valence-corrected chi connectivity index (χ4v) is 3.30. The summed E-state index contributed by atoms with van der Waals surface area (Å²) in [6.45, 7) is 2.12. The number of benzene rings is 1. The first-order chi connectivity index (χ1) is 10.9. The maximum absolute atomic E-state index is 12.1. The van der Waals surface area contributed by atoms with Crippen molar-refractivity contribution in [3.8, 4) is 0 Å². The standard InChI is InChI=1S/C14H18N4O3S2.ClH/c1-9(17-14(19)12-8-22-13(7-15)18-12)10-3-5-11(6-4-10)23(20,21)16-2;/h3-6,8-9,16H,7,15H2,1-2H3,(H,17,19);1H. The molecule has 2 aromatic rings. The number of amides is 1. The van der Waals surface area contributed by atoms with Crippen LogP contribution in [0.5, 0.6) is 0 Å². The van der Waals surface area contributed by atoms with Gasteiger partial charge >= 0.3 is 0 Å². The molecule has 0 saturated carbocycles. The lowest BCUT2D eigenvalue weighted by Gasteiger charge is -2.14. The number of nitrogens with two attached hydrogens (primary N) is 1. The number of carbonyl (C=O) groups is 1. The van der Waals surface area contributed by atoms with E-state index in [2.05, 4.69) is 15.0 Å². The van der Waals surface area contributed by atoms with Gasteiger partial charge in [0.2, 0.25) is 10.0 Å². The Morgan fingerprint density at radius 2 is 1.96 bits per heavy atom. The van der Waals surface area contributed by atoms with Gasteiger partial charge in [-0.1, -0.05) is 12.1 Å². The molecular weight excluding hydrogens is 372 g/mol. The quantitative estimate of drug-likeness (QED) is 0.690. The summed E-state index contributed by atoms with van der Waals surface area (Å²) >= 11 is 1.34. The van der Waals surface area contributed by atoms with E-state index < -0.39 is 10.0 Å². The molecule has 0 radical (unpaired) electrons. The molecule has 1 unspecified atom stereocenters. The average molecular weight is 391 g/mol. The van der Waals surface area contributed by atoms with Crippen molar-refractivity contribution in [1.29, 1.82) is 0 Å². The maximum Gasteiger partial charge on any atom is 0.271 e.